The van der Waals surface area contributed by atoms with Gasteiger partial charge in [0.25, 0.3) is 0 Å². The van der Waals surface area contributed by atoms with Gasteiger partial charge in [0, 0.05) is 33.8 Å². The lowest BCUT2D eigenvalue weighted by atomic mass is 9.84. The minimum absolute atomic E-state index is 0.00448. The Bertz CT molecular complexity index is 1350. The SMILES string of the molecule is NC(=O)[C@H]1CC[C@@H](n2c(C3CC3)nc3ccc(C(c4ccc(Cl)cc4)c4ccc(Cl)cc4)cc32)CC1. The lowest BCUT2D eigenvalue weighted by Crippen LogP contribution is -2.28. The summed E-state index contributed by atoms with van der Waals surface area (Å²) < 4.78 is 2.49. The highest BCUT2D eigenvalue weighted by Gasteiger charge is 2.34. The number of nitrogens with zero attached hydrogens (tertiary/aromatic N) is 2. The van der Waals surface area contributed by atoms with Crippen LogP contribution >= 0.6 is 23.2 Å². The summed E-state index contributed by atoms with van der Waals surface area (Å²) in [6, 6.07) is 23.2. The van der Waals surface area contributed by atoms with Crippen LogP contribution in [0.2, 0.25) is 10.0 Å². The number of carbonyl (C=O) groups is 1. The summed E-state index contributed by atoms with van der Waals surface area (Å²) in [5, 5.41) is 1.45. The van der Waals surface area contributed by atoms with E-state index in [1.807, 2.05) is 24.3 Å². The van der Waals surface area contributed by atoms with E-state index in [1.165, 1.54) is 40.9 Å². The van der Waals surface area contributed by atoms with Gasteiger partial charge in [-0.2, -0.15) is 0 Å². The van der Waals surface area contributed by atoms with Gasteiger partial charge in [0.15, 0.2) is 0 Å². The van der Waals surface area contributed by atoms with Gasteiger partial charge < -0.3 is 10.3 Å². The van der Waals surface area contributed by atoms with Crippen LogP contribution in [0.3, 0.4) is 0 Å². The molecular weight excluding hydrogens is 489 g/mol. The van der Waals surface area contributed by atoms with Crippen molar-refractivity contribution in [1.29, 1.82) is 0 Å². The first-order valence-corrected chi connectivity index (χ1v) is 13.6. The number of aromatic nitrogens is 2. The van der Waals surface area contributed by atoms with Crippen LogP contribution in [0.1, 0.15) is 78.9 Å². The predicted molar refractivity (Wildman–Crippen MR) is 146 cm³/mol. The molecule has 0 aliphatic heterocycles. The Morgan fingerprint density at radius 2 is 1.36 bits per heavy atom. The molecular formula is C30H29Cl2N3O. The fourth-order valence-corrected chi connectivity index (χ4v) is 6.08. The minimum Gasteiger partial charge on any atom is -0.369 e. The molecule has 0 unspecified atom stereocenters. The van der Waals surface area contributed by atoms with Crippen molar-refractivity contribution >= 4 is 40.1 Å². The standard InChI is InChI=1S/C30H29Cl2N3O/c31-23-10-3-18(4-11-23)28(19-5-12-24(32)13-6-19)22-9-16-26-27(17-22)35(30(34-26)21-1-2-21)25-14-7-20(8-15-25)29(33)36/h3-6,9-13,16-17,20-21,25,28H,1-2,7-8,14-15H2,(H2,33,36)/t20-,25+. The van der Waals surface area contributed by atoms with Gasteiger partial charge in [0.2, 0.25) is 5.91 Å². The van der Waals surface area contributed by atoms with Gasteiger partial charge in [-0.1, -0.05) is 53.5 Å². The molecule has 4 aromatic rings. The molecule has 0 saturated heterocycles. The molecule has 0 atom stereocenters. The van der Waals surface area contributed by atoms with E-state index in [-0.39, 0.29) is 17.7 Å². The summed E-state index contributed by atoms with van der Waals surface area (Å²) in [6.45, 7) is 0. The number of carbonyl (C=O) groups excluding carboxylic acids is 1. The quantitative estimate of drug-likeness (QED) is 0.267. The topological polar surface area (TPSA) is 60.9 Å². The molecule has 6 heteroatoms. The number of fused-ring (bicyclic) bond motifs is 1. The fourth-order valence-electron chi connectivity index (χ4n) is 5.83. The van der Waals surface area contributed by atoms with Crippen molar-refractivity contribution in [3.05, 3.63) is 99.3 Å². The van der Waals surface area contributed by atoms with Crippen LogP contribution in [0.4, 0.5) is 0 Å². The molecule has 6 rings (SSSR count). The van der Waals surface area contributed by atoms with Crippen LogP contribution in [0, 0.1) is 5.92 Å². The molecule has 1 amide bonds. The molecule has 0 spiro atoms. The highest BCUT2D eigenvalue weighted by atomic mass is 35.5. The summed E-state index contributed by atoms with van der Waals surface area (Å²) in [4.78, 5) is 16.9. The number of hydrogen-bond acceptors (Lipinski definition) is 2. The second-order valence-corrected chi connectivity index (χ2v) is 11.2. The number of amides is 1. The zero-order chi connectivity index (χ0) is 24.8. The Labute approximate surface area is 221 Å². The molecule has 36 heavy (non-hydrogen) atoms. The smallest absolute Gasteiger partial charge is 0.220 e. The highest BCUT2D eigenvalue weighted by Crippen LogP contribution is 2.45. The molecule has 2 aliphatic carbocycles. The Kier molecular flexibility index (Phi) is 6.27. The van der Waals surface area contributed by atoms with Gasteiger partial charge in [-0.3, -0.25) is 4.79 Å². The molecule has 3 aromatic carbocycles. The van der Waals surface area contributed by atoms with Gasteiger partial charge in [-0.15, -0.1) is 0 Å². The Morgan fingerprint density at radius 3 is 1.89 bits per heavy atom. The summed E-state index contributed by atoms with van der Waals surface area (Å²) in [5.41, 5.74) is 11.4. The Morgan fingerprint density at radius 1 is 0.806 bits per heavy atom. The van der Waals surface area contributed by atoms with E-state index in [9.17, 15) is 4.79 Å². The molecule has 0 bridgehead atoms. The lowest BCUT2D eigenvalue weighted by Gasteiger charge is -2.29. The first-order chi connectivity index (χ1) is 17.5. The van der Waals surface area contributed by atoms with E-state index >= 15 is 0 Å². The minimum atomic E-state index is -0.164. The van der Waals surface area contributed by atoms with Crippen molar-refractivity contribution in [2.45, 2.75) is 56.4 Å². The van der Waals surface area contributed by atoms with Crippen molar-refractivity contribution in [3.8, 4) is 0 Å². The number of primary amides is 1. The largest absolute Gasteiger partial charge is 0.369 e. The van der Waals surface area contributed by atoms with Crippen molar-refractivity contribution in [1.82, 2.24) is 9.55 Å². The number of benzene rings is 3. The molecule has 2 N–H and O–H groups in total. The van der Waals surface area contributed by atoms with Crippen molar-refractivity contribution < 1.29 is 4.79 Å². The third-order valence-corrected chi connectivity index (χ3v) is 8.39. The van der Waals surface area contributed by atoms with Crippen molar-refractivity contribution in [2.24, 2.45) is 11.7 Å². The number of halogens is 2. The second kappa shape index (κ2) is 9.57. The van der Waals surface area contributed by atoms with Gasteiger partial charge >= 0.3 is 0 Å². The zero-order valence-electron chi connectivity index (χ0n) is 20.0. The van der Waals surface area contributed by atoms with E-state index in [2.05, 4.69) is 47.0 Å². The first-order valence-electron chi connectivity index (χ1n) is 12.8. The maximum Gasteiger partial charge on any atom is 0.220 e. The molecule has 2 saturated carbocycles. The number of nitrogens with two attached hydrogens (primary N) is 1. The van der Waals surface area contributed by atoms with E-state index in [4.69, 9.17) is 33.9 Å². The molecule has 1 aromatic heterocycles. The van der Waals surface area contributed by atoms with Crippen molar-refractivity contribution in [3.63, 3.8) is 0 Å². The fraction of sp³-hybridized carbons (Fsp3) is 0.333. The van der Waals surface area contributed by atoms with Crippen LogP contribution in [0.15, 0.2) is 66.7 Å². The number of hydrogen-bond donors (Lipinski definition) is 1. The van der Waals surface area contributed by atoms with Gasteiger partial charge in [-0.25, -0.2) is 4.98 Å². The maximum absolute atomic E-state index is 11.8. The summed E-state index contributed by atoms with van der Waals surface area (Å²) in [5.74, 6) is 1.62. The monoisotopic (exact) mass is 517 g/mol. The van der Waals surface area contributed by atoms with Crippen LogP contribution in [0.25, 0.3) is 11.0 Å². The average molecular weight is 518 g/mol. The molecule has 0 radical (unpaired) electrons. The maximum atomic E-state index is 11.8. The van der Waals surface area contributed by atoms with E-state index in [0.717, 1.165) is 41.2 Å². The Balaban J connectivity index is 1.46. The van der Waals surface area contributed by atoms with E-state index in [0.29, 0.717) is 12.0 Å². The van der Waals surface area contributed by atoms with Gasteiger partial charge in [0.1, 0.15) is 5.82 Å². The zero-order valence-corrected chi connectivity index (χ0v) is 21.6. The van der Waals surface area contributed by atoms with Crippen molar-refractivity contribution in [2.75, 3.05) is 0 Å². The third kappa shape index (κ3) is 4.53. The van der Waals surface area contributed by atoms with E-state index < -0.39 is 0 Å². The summed E-state index contributed by atoms with van der Waals surface area (Å²) in [6.07, 6.45) is 6.01. The van der Waals surface area contributed by atoms with Gasteiger partial charge in [0.05, 0.1) is 11.0 Å². The molecule has 4 nitrogen and oxygen atoms in total. The number of imidazole rings is 1. The predicted octanol–water partition coefficient (Wildman–Crippen LogP) is 7.62. The Hall–Kier alpha value is -2.82. The third-order valence-electron chi connectivity index (χ3n) is 7.89. The normalized spacial score (nSPS) is 20.2. The highest BCUT2D eigenvalue weighted by molar-refractivity contribution is 6.30. The molecule has 1 heterocycles. The van der Waals surface area contributed by atoms with Crippen LogP contribution in [0.5, 0.6) is 0 Å². The summed E-state index contributed by atoms with van der Waals surface area (Å²) >= 11 is 12.4. The van der Waals surface area contributed by atoms with Crippen LogP contribution in [-0.4, -0.2) is 15.5 Å². The average Bonchev–Trinajstić information content (AvgIpc) is 3.67. The lowest BCUT2D eigenvalue weighted by molar-refractivity contribution is -0.122. The van der Waals surface area contributed by atoms with Crippen LogP contribution in [-0.2, 0) is 4.79 Å². The molecule has 184 valence electrons. The second-order valence-electron chi connectivity index (χ2n) is 10.3. The van der Waals surface area contributed by atoms with Gasteiger partial charge in [-0.05, 0) is 91.6 Å². The number of rotatable bonds is 6. The molecule has 2 aliphatic rings. The first kappa shape index (κ1) is 23.6. The van der Waals surface area contributed by atoms with Crippen LogP contribution < -0.4 is 5.73 Å². The van der Waals surface area contributed by atoms with E-state index in [1.54, 1.807) is 0 Å². The molecule has 2 fully saturated rings. The summed E-state index contributed by atoms with van der Waals surface area (Å²) in [7, 11) is 0.